The first-order chi connectivity index (χ1) is 58.9. The summed E-state index contributed by atoms with van der Waals surface area (Å²) in [7, 11) is 0. The minimum Gasteiger partial charge on any atom is -0.508 e. The number of carboxylic acids is 1. The number of phenols is 1. The lowest BCUT2D eigenvalue weighted by Gasteiger charge is -2.28. The van der Waals surface area contributed by atoms with E-state index in [1.807, 2.05) is 0 Å². The van der Waals surface area contributed by atoms with Gasteiger partial charge in [0, 0.05) is 69.4 Å². The number of unbranched alkanes of at least 4 members (excludes halogenated alkanes) is 3. The fourth-order valence-corrected chi connectivity index (χ4v) is 14.7. The van der Waals surface area contributed by atoms with E-state index in [9.17, 15) is 77.3 Å². The first-order valence-electron chi connectivity index (χ1n) is 41.2. The predicted octanol–water partition coefficient (Wildman–Crippen LogP) is -8.75. The number of carbonyl (C=O) groups is 14. The number of hydrazine groups is 1. The highest BCUT2D eigenvalue weighted by Crippen LogP contribution is 2.33. The van der Waals surface area contributed by atoms with Crippen molar-refractivity contribution in [1.29, 1.82) is 32.6 Å². The fraction of sp³-hybridized carbons (Fsp3) is 0.658. The van der Waals surface area contributed by atoms with E-state index < -0.39 is 186 Å². The number of nitrogens with one attached hydrogen (secondary N) is 24. The second-order valence-corrected chi connectivity index (χ2v) is 31.1. The third-order valence-corrected chi connectivity index (χ3v) is 21.1. The van der Waals surface area contributed by atoms with Gasteiger partial charge in [0.25, 0.3) is 0 Å². The Morgan fingerprint density at radius 2 is 0.766 bits per heavy atom. The van der Waals surface area contributed by atoms with Gasteiger partial charge in [-0.1, -0.05) is 18.6 Å². The van der Waals surface area contributed by atoms with Crippen LogP contribution in [0.25, 0.3) is 0 Å². The molecule has 2 aliphatic rings. The van der Waals surface area contributed by atoms with Gasteiger partial charge in [-0.2, -0.15) is 17.6 Å². The number of urea groups is 1. The zero-order valence-electron chi connectivity index (χ0n) is 69.7. The zero-order valence-corrected chi connectivity index (χ0v) is 70.5. The summed E-state index contributed by atoms with van der Waals surface area (Å²) in [4.78, 5) is 196. The summed E-state index contributed by atoms with van der Waals surface area (Å²) in [6, 6.07) is -9.60. The van der Waals surface area contributed by atoms with E-state index in [4.69, 9.17) is 84.3 Å². The molecule has 0 saturated carbocycles. The molecule has 0 radical (unpaired) electrons. The summed E-state index contributed by atoms with van der Waals surface area (Å²) in [5.74, 6) is -8.69. The number of carboxylic acid groups (broad SMARTS) is 1. The van der Waals surface area contributed by atoms with Crippen LogP contribution in [0, 0.1) is 32.6 Å². The van der Waals surface area contributed by atoms with E-state index in [1.54, 1.807) is 23.9 Å². The molecule has 2 heterocycles. The number of guanidine groups is 5. The molecule has 51 heteroatoms. The molecule has 44 N–H and O–H groups in total. The van der Waals surface area contributed by atoms with E-state index in [0.717, 1.165) is 12.2 Å². The number of hydrogen-bond acceptors (Lipinski definition) is 24. The largest absolute Gasteiger partial charge is 0.508 e. The Morgan fingerprint density at radius 3 is 1.12 bits per heavy atom. The number of carbonyl (C=O) groups excluding carboxylic acids is 13. The molecule has 0 aliphatic carbocycles. The fourth-order valence-electron chi connectivity index (χ4n) is 13.1. The SMILES string of the molecule is N=C(N)NCCC[C@H](NC(=O)CNC(=O)[C@H](Cc1ccc(O)cc1)NC(=O)CCCC[C@@H]1SC[C@@H]2NC(=O)N[C@@H]21)C(=O)N[C@@H](CCCCN)C(=O)N[C@@H](CCCCN)C(=O)N[C@@H](CCCNC(=N)N)C(=O)N[C@@H](CCCNC(=N)N)C(=O)N[C@@H](CCC(N)=O)C(=O)N[C@@H](CCCNC(=N)N)C(=O)N[C@@H](CCCNC(=N)N)C(=O)N[C@@H](CCC[N+](=N)N)C(=O)O. The van der Waals surface area contributed by atoms with Crippen molar-refractivity contribution in [2.45, 2.75) is 238 Å². The topological polar surface area (TPSA) is 876 Å². The number of aromatic hydroxyl groups is 1. The highest BCUT2D eigenvalue weighted by atomic mass is 32.2. The number of benzene rings is 1. The van der Waals surface area contributed by atoms with Gasteiger partial charge in [0.05, 0.1) is 18.6 Å². The Bertz CT molecular complexity index is 3760. The van der Waals surface area contributed by atoms with Gasteiger partial charge in [-0.25, -0.2) is 9.59 Å². The van der Waals surface area contributed by atoms with Crippen molar-refractivity contribution < 1.29 is 82.1 Å². The Balaban J connectivity index is 2.00. The molecule has 14 amide bonds. The second-order valence-electron chi connectivity index (χ2n) is 29.8. The van der Waals surface area contributed by atoms with Gasteiger partial charge in [0.2, 0.25) is 70.9 Å². The van der Waals surface area contributed by atoms with Crippen LogP contribution in [-0.2, 0) is 68.7 Å². The van der Waals surface area contributed by atoms with Crippen LogP contribution in [0.3, 0.4) is 0 Å². The number of phenolic OH excluding ortho intramolecular Hbond substituents is 1. The molecule has 0 aromatic heterocycles. The molecule has 0 spiro atoms. The Kier molecular flexibility index (Phi) is 49.8. The van der Waals surface area contributed by atoms with Gasteiger partial charge in [0.15, 0.2) is 36.3 Å². The van der Waals surface area contributed by atoms with Crippen LogP contribution in [0.2, 0.25) is 0 Å². The summed E-state index contributed by atoms with van der Waals surface area (Å²) >= 11 is 1.74. The van der Waals surface area contributed by atoms with Crippen molar-refractivity contribution in [2.24, 2.45) is 51.7 Å². The lowest BCUT2D eigenvalue weighted by atomic mass is 10.0. The molecule has 1 aromatic rings. The Hall–Kier alpha value is -12.6. The molecule has 1 aromatic carbocycles. The smallest absolute Gasteiger partial charge is 0.326 e. The Morgan fingerprint density at radius 1 is 0.419 bits per heavy atom. The molecule has 0 unspecified atom stereocenters. The molecule has 124 heavy (non-hydrogen) atoms. The maximum absolute atomic E-state index is 14.9. The van der Waals surface area contributed by atoms with Gasteiger partial charge in [-0.05, 0) is 170 Å². The first kappa shape index (κ1) is 106. The van der Waals surface area contributed by atoms with Crippen LogP contribution in [0.15, 0.2) is 24.3 Å². The average Bonchev–Trinajstić information content (AvgIpc) is 1.66. The van der Waals surface area contributed by atoms with Crippen LogP contribution < -0.4 is 147 Å². The number of nitrogens with two attached hydrogens (primary N) is 9. The average molecular weight is 1770 g/mol. The van der Waals surface area contributed by atoms with Crippen molar-refractivity contribution in [3.8, 4) is 5.75 Å². The van der Waals surface area contributed by atoms with Gasteiger partial charge in [0.1, 0.15) is 66.2 Å². The third-order valence-electron chi connectivity index (χ3n) is 19.6. The summed E-state index contributed by atoms with van der Waals surface area (Å²) in [6.07, 6.45) is 0.412. The van der Waals surface area contributed by atoms with Crippen molar-refractivity contribution in [2.75, 3.05) is 64.7 Å². The van der Waals surface area contributed by atoms with E-state index in [-0.39, 0.29) is 197 Å². The van der Waals surface area contributed by atoms with Crippen molar-refractivity contribution in [3.63, 3.8) is 0 Å². The van der Waals surface area contributed by atoms with E-state index in [2.05, 4.69) is 95.7 Å². The lowest BCUT2D eigenvalue weighted by Crippen LogP contribution is -2.60. The Labute approximate surface area is 722 Å². The highest BCUT2D eigenvalue weighted by Gasteiger charge is 2.43. The van der Waals surface area contributed by atoms with Gasteiger partial charge >= 0.3 is 12.0 Å². The number of thioether (sulfide) groups is 1. The number of fused-ring (bicyclic) bond motifs is 1. The molecule has 13 atom stereocenters. The predicted molar refractivity (Wildman–Crippen MR) is 457 cm³/mol. The van der Waals surface area contributed by atoms with Crippen molar-refractivity contribution in [3.05, 3.63) is 29.8 Å². The molecular weight excluding hydrogens is 1640 g/mol. The van der Waals surface area contributed by atoms with Crippen molar-refractivity contribution >= 4 is 124 Å². The summed E-state index contributed by atoms with van der Waals surface area (Å²) in [5.41, 5.74) is 53.0. The first-order valence-corrected chi connectivity index (χ1v) is 42.2. The number of primary amides is 1. The summed E-state index contributed by atoms with van der Waals surface area (Å²) < 4.78 is 0. The van der Waals surface area contributed by atoms with Crippen LogP contribution in [0.1, 0.15) is 160 Å². The molecular formula is C73H131N34O16S+. The van der Waals surface area contributed by atoms with Gasteiger partial charge in [-0.15, -0.1) is 0 Å². The molecule has 2 aliphatic heterocycles. The monoisotopic (exact) mass is 1770 g/mol. The highest BCUT2D eigenvalue weighted by molar-refractivity contribution is 8.00. The minimum atomic E-state index is -1.76. The third kappa shape index (κ3) is 44.3. The van der Waals surface area contributed by atoms with Crippen LogP contribution >= 0.6 is 11.8 Å². The van der Waals surface area contributed by atoms with Crippen LogP contribution in [0.5, 0.6) is 5.75 Å². The van der Waals surface area contributed by atoms with E-state index in [1.165, 1.54) is 12.1 Å². The maximum Gasteiger partial charge on any atom is 0.326 e. The van der Waals surface area contributed by atoms with E-state index in [0.29, 0.717) is 36.1 Å². The second kappa shape index (κ2) is 58.4. The van der Waals surface area contributed by atoms with Crippen LogP contribution in [0.4, 0.5) is 4.79 Å². The maximum atomic E-state index is 14.9. The van der Waals surface area contributed by atoms with Gasteiger partial charge in [-0.3, -0.25) is 84.6 Å². The van der Waals surface area contributed by atoms with Crippen molar-refractivity contribution in [1.82, 2.24) is 95.7 Å². The van der Waals surface area contributed by atoms with E-state index >= 15 is 0 Å². The van der Waals surface area contributed by atoms with Gasteiger partial charge < -0.3 is 152 Å². The molecule has 694 valence electrons. The summed E-state index contributed by atoms with van der Waals surface area (Å²) in [6.45, 7) is -0.622. The molecule has 50 nitrogen and oxygen atoms in total. The van der Waals surface area contributed by atoms with Crippen LogP contribution in [-0.4, -0.2) is 270 Å². The number of hydrogen-bond donors (Lipinski definition) is 35. The number of rotatable bonds is 64. The number of amides is 14. The molecule has 2 saturated heterocycles. The summed E-state index contributed by atoms with van der Waals surface area (Å²) in [5, 5.41) is 106. The number of nitrogens with zero attached hydrogens (tertiary/aromatic N) is 1. The molecule has 3 rings (SSSR count). The number of aliphatic carboxylic acids is 1. The molecule has 2 fully saturated rings. The quantitative estimate of drug-likeness (QED) is 0.00421. The lowest BCUT2D eigenvalue weighted by molar-refractivity contribution is -0.626. The zero-order chi connectivity index (χ0) is 92.2. The molecule has 0 bridgehead atoms. The minimum absolute atomic E-state index is 0.00198. The normalized spacial score (nSPS) is 16.0. The standard InChI is InChI=1S/C73H130N34O16S/c74-29-5-3-13-43(97-59(113)42(15-7-31-89-68(77)78)95-56(111)38-94-58(112)51(37-40-23-25-41(108)26-24-40)96-55(110)22-2-1-21-53-57-52(39-124-53)105-73(123)106-57)60(114)98-44(14-4-6-30-75)61(115)99-45(16-8-32-90-69(79)80)62(116)100-47(18-10-34-92-71(83)84)64(118)103-49(27-28-54(76)109)66(120)102-46(17-9-33-91-70(81)82)63(117)101-48(19-11-35-93-72(85)86)65(119)104-50(67(121)122)20-12-36-107(87)88/h23-26,42-53,57H,1-22,27-39,74-75H2,(H39-,76,77,78,79,80,81,82,83,84,85,86,87,88,89,90,91,92,93,94,95,96,97,98,99,100,101,102,103,104,105,106,108,109,110,111,112,113,114,115,116,117,118,119,120,121,122,123)/p+1/t42-,43-,44-,45-,46-,47-,48-,49-,50-,51-,52-,53-,57-/m0/s1.